The van der Waals surface area contributed by atoms with E-state index < -0.39 is 0 Å². The molecule has 1 amide bonds. The molecule has 0 saturated heterocycles. The summed E-state index contributed by atoms with van der Waals surface area (Å²) in [7, 11) is 0. The molecule has 1 aromatic rings. The number of hydrogen-bond acceptors (Lipinski definition) is 2. The maximum atomic E-state index is 11.6. The minimum absolute atomic E-state index is 0.164. The van der Waals surface area contributed by atoms with Crippen LogP contribution in [0.2, 0.25) is 0 Å². The summed E-state index contributed by atoms with van der Waals surface area (Å²) in [6.45, 7) is 0.688. The Morgan fingerprint density at radius 2 is 2.33 bits per heavy atom. The first kappa shape index (κ1) is 9.96. The first-order chi connectivity index (χ1) is 7.27. The Kier molecular flexibility index (Phi) is 2.85. The van der Waals surface area contributed by atoms with Crippen LogP contribution in [0, 0.1) is 11.1 Å². The highest BCUT2D eigenvalue weighted by molar-refractivity contribution is 5.90. The van der Waals surface area contributed by atoms with Gasteiger partial charge in [-0.3, -0.25) is 4.79 Å². The van der Waals surface area contributed by atoms with E-state index in [1.165, 1.54) is 31.5 Å². The zero-order valence-electron chi connectivity index (χ0n) is 8.48. The second-order valence-electron chi connectivity index (χ2n) is 3.92. The molecule has 1 aliphatic carbocycles. The van der Waals surface area contributed by atoms with Crippen molar-refractivity contribution in [1.82, 2.24) is 5.32 Å². The third-order valence-electron chi connectivity index (χ3n) is 2.83. The number of hydrogen-bond donors (Lipinski definition) is 1. The fourth-order valence-electron chi connectivity index (χ4n) is 1.63. The minimum atomic E-state index is -0.280. The Hall–Kier alpha value is -1.58. The molecule has 4 nitrogen and oxygen atoms in total. The number of carbonyl (C=O) groups is 1. The van der Waals surface area contributed by atoms with Crippen molar-refractivity contribution in [1.29, 1.82) is 0 Å². The largest absolute Gasteiger partial charge is 0.618 e. The molecule has 0 unspecified atom stereocenters. The quantitative estimate of drug-likeness (QED) is 0.588. The van der Waals surface area contributed by atoms with Crippen LogP contribution >= 0.6 is 0 Å². The fourth-order valence-corrected chi connectivity index (χ4v) is 1.63. The van der Waals surface area contributed by atoms with Crippen LogP contribution in [0.5, 0.6) is 0 Å². The molecule has 15 heavy (non-hydrogen) atoms. The van der Waals surface area contributed by atoms with Crippen molar-refractivity contribution < 1.29 is 9.52 Å². The first-order valence-electron chi connectivity index (χ1n) is 5.24. The molecule has 0 atom stereocenters. The van der Waals surface area contributed by atoms with Gasteiger partial charge in [-0.15, -0.1) is 0 Å². The molecule has 4 heteroatoms. The van der Waals surface area contributed by atoms with E-state index in [4.69, 9.17) is 0 Å². The molecule has 80 valence electrons. The number of nitrogens with zero attached hydrogens (tertiary/aromatic N) is 1. The van der Waals surface area contributed by atoms with Crippen molar-refractivity contribution in [3.63, 3.8) is 0 Å². The Labute approximate surface area is 88.5 Å². The van der Waals surface area contributed by atoms with Gasteiger partial charge < -0.3 is 10.5 Å². The van der Waals surface area contributed by atoms with Gasteiger partial charge in [0.15, 0.2) is 6.20 Å². The van der Waals surface area contributed by atoms with Crippen molar-refractivity contribution in [2.75, 3.05) is 6.54 Å². The number of pyridine rings is 1. The number of amides is 1. The minimum Gasteiger partial charge on any atom is -0.618 e. The Morgan fingerprint density at radius 1 is 1.53 bits per heavy atom. The summed E-state index contributed by atoms with van der Waals surface area (Å²) in [5.74, 6) is 0.329. The highest BCUT2D eigenvalue weighted by Gasteiger charge is 2.20. The van der Waals surface area contributed by atoms with E-state index in [9.17, 15) is 10.0 Å². The van der Waals surface area contributed by atoms with E-state index in [2.05, 4.69) is 5.32 Å². The molecule has 1 saturated carbocycles. The normalized spacial score (nSPS) is 15.7. The van der Waals surface area contributed by atoms with E-state index in [-0.39, 0.29) is 11.6 Å². The second-order valence-corrected chi connectivity index (χ2v) is 3.92. The maximum absolute atomic E-state index is 11.6. The average molecular weight is 206 g/mol. The Balaban J connectivity index is 1.92. The molecular formula is C11H14N2O2. The molecule has 1 aliphatic rings. The zero-order chi connectivity index (χ0) is 10.7. The molecule has 0 bridgehead atoms. The van der Waals surface area contributed by atoms with Gasteiger partial charge in [0.25, 0.3) is 5.69 Å². The molecule has 0 radical (unpaired) electrons. The summed E-state index contributed by atoms with van der Waals surface area (Å²) in [4.78, 5) is 11.6. The van der Waals surface area contributed by atoms with Crippen molar-refractivity contribution in [2.45, 2.75) is 19.3 Å². The van der Waals surface area contributed by atoms with Crippen LogP contribution in [-0.2, 0) is 0 Å². The SMILES string of the molecule is O=C(NCC1CCC1)c1cccc[n+]1[O-]. The zero-order valence-corrected chi connectivity index (χ0v) is 8.48. The van der Waals surface area contributed by atoms with Crippen molar-refractivity contribution in [3.8, 4) is 0 Å². The third kappa shape index (κ3) is 2.26. The second kappa shape index (κ2) is 4.29. The van der Waals surface area contributed by atoms with Crippen molar-refractivity contribution >= 4 is 5.91 Å². The Morgan fingerprint density at radius 3 is 2.93 bits per heavy atom. The molecule has 1 N–H and O–H groups in total. The summed E-state index contributed by atoms with van der Waals surface area (Å²) in [6, 6.07) is 4.82. The molecular weight excluding hydrogens is 192 g/mol. The predicted molar refractivity (Wildman–Crippen MR) is 55.1 cm³/mol. The van der Waals surface area contributed by atoms with Gasteiger partial charge in [0.2, 0.25) is 0 Å². The topological polar surface area (TPSA) is 56.0 Å². The lowest BCUT2D eigenvalue weighted by atomic mass is 9.85. The summed E-state index contributed by atoms with van der Waals surface area (Å²) in [5.41, 5.74) is 0.164. The van der Waals surface area contributed by atoms with Crippen LogP contribution in [-0.4, -0.2) is 12.5 Å². The van der Waals surface area contributed by atoms with Gasteiger partial charge in [0.05, 0.1) is 0 Å². The lowest BCUT2D eigenvalue weighted by Gasteiger charge is -2.25. The molecule has 2 rings (SSSR count). The van der Waals surface area contributed by atoms with E-state index >= 15 is 0 Å². The van der Waals surface area contributed by atoms with Crippen LogP contribution in [0.1, 0.15) is 29.8 Å². The van der Waals surface area contributed by atoms with Crippen molar-refractivity contribution in [2.24, 2.45) is 5.92 Å². The first-order valence-corrected chi connectivity index (χ1v) is 5.24. The van der Waals surface area contributed by atoms with E-state index in [0.29, 0.717) is 17.2 Å². The molecule has 1 heterocycles. The smallest absolute Gasteiger partial charge is 0.317 e. The van der Waals surface area contributed by atoms with Gasteiger partial charge in [-0.05, 0) is 24.8 Å². The molecule has 1 fully saturated rings. The van der Waals surface area contributed by atoms with Crippen molar-refractivity contribution in [3.05, 3.63) is 35.3 Å². The van der Waals surface area contributed by atoms with E-state index in [1.807, 2.05) is 0 Å². The van der Waals surface area contributed by atoms with Crippen LogP contribution in [0.15, 0.2) is 24.4 Å². The van der Waals surface area contributed by atoms with E-state index in [1.54, 1.807) is 12.1 Å². The molecule has 0 aliphatic heterocycles. The Bertz CT molecular complexity index is 361. The summed E-state index contributed by atoms with van der Waals surface area (Å²) in [6.07, 6.45) is 4.96. The summed E-state index contributed by atoms with van der Waals surface area (Å²) >= 11 is 0. The summed E-state index contributed by atoms with van der Waals surface area (Å²) in [5, 5.41) is 14.0. The van der Waals surface area contributed by atoms with Gasteiger partial charge >= 0.3 is 5.91 Å². The van der Waals surface area contributed by atoms with Crippen LogP contribution < -0.4 is 10.0 Å². The van der Waals surface area contributed by atoms with Gasteiger partial charge in [-0.2, -0.15) is 4.73 Å². The number of nitrogens with one attached hydrogen (secondary N) is 1. The van der Waals surface area contributed by atoms with Crippen LogP contribution in [0.25, 0.3) is 0 Å². The van der Waals surface area contributed by atoms with Gasteiger partial charge in [0, 0.05) is 18.7 Å². The van der Waals surface area contributed by atoms with Gasteiger partial charge in [-0.25, -0.2) is 0 Å². The predicted octanol–water partition coefficient (Wildman–Crippen LogP) is 0.850. The lowest BCUT2D eigenvalue weighted by molar-refractivity contribution is -0.607. The van der Waals surface area contributed by atoms with Crippen LogP contribution in [0.3, 0.4) is 0 Å². The van der Waals surface area contributed by atoms with Gasteiger partial charge in [0.1, 0.15) is 0 Å². The molecule has 1 aromatic heterocycles. The fraction of sp³-hybridized carbons (Fsp3) is 0.455. The highest BCUT2D eigenvalue weighted by Crippen LogP contribution is 2.25. The molecule has 0 spiro atoms. The maximum Gasteiger partial charge on any atom is 0.317 e. The molecule has 0 aromatic carbocycles. The average Bonchev–Trinajstić information content (AvgIpc) is 2.16. The number of aromatic nitrogens is 1. The third-order valence-corrected chi connectivity index (χ3v) is 2.83. The highest BCUT2D eigenvalue weighted by atomic mass is 16.5. The van der Waals surface area contributed by atoms with E-state index in [0.717, 1.165) is 0 Å². The lowest BCUT2D eigenvalue weighted by Crippen LogP contribution is -2.41. The summed E-state index contributed by atoms with van der Waals surface area (Å²) < 4.78 is 0.593. The number of rotatable bonds is 3. The standard InChI is InChI=1S/C11H14N2O2/c14-11(12-8-9-4-3-5-9)10-6-1-2-7-13(10)15/h1-2,6-7,9H,3-5,8H2,(H,12,14). The van der Waals surface area contributed by atoms with Gasteiger partial charge in [-0.1, -0.05) is 6.42 Å². The van der Waals surface area contributed by atoms with Crippen LogP contribution in [0.4, 0.5) is 0 Å². The monoisotopic (exact) mass is 206 g/mol. The number of carbonyl (C=O) groups excluding carboxylic acids is 1.